The van der Waals surface area contributed by atoms with Crippen molar-refractivity contribution in [2.75, 3.05) is 0 Å². The van der Waals surface area contributed by atoms with E-state index >= 15 is 0 Å². The summed E-state index contributed by atoms with van der Waals surface area (Å²) < 4.78 is 16.1. The van der Waals surface area contributed by atoms with Crippen molar-refractivity contribution in [3.05, 3.63) is 84.6 Å². The lowest BCUT2D eigenvalue weighted by Gasteiger charge is -2.09. The topological polar surface area (TPSA) is 17.8 Å². The zero-order valence-electron chi connectivity index (χ0n) is 12.7. The van der Waals surface area contributed by atoms with E-state index < -0.39 is 0 Å². The SMILES string of the molecule is Cc1ccncc1-n1ccc2cc(-c3ccccc3F)ccc21. The Bertz CT molecular complexity index is 1000. The van der Waals surface area contributed by atoms with E-state index in [0.717, 1.165) is 27.7 Å². The number of benzene rings is 2. The Hall–Kier alpha value is -2.94. The molecule has 0 spiro atoms. The first-order valence-electron chi connectivity index (χ1n) is 7.51. The van der Waals surface area contributed by atoms with E-state index in [1.54, 1.807) is 18.3 Å². The van der Waals surface area contributed by atoms with Crippen molar-refractivity contribution in [2.45, 2.75) is 6.92 Å². The van der Waals surface area contributed by atoms with Gasteiger partial charge in [-0.25, -0.2) is 4.39 Å². The summed E-state index contributed by atoms with van der Waals surface area (Å²) in [6, 6.07) is 16.9. The predicted molar refractivity (Wildman–Crippen MR) is 91.2 cm³/mol. The second kappa shape index (κ2) is 5.36. The van der Waals surface area contributed by atoms with Crippen LogP contribution >= 0.6 is 0 Å². The minimum absolute atomic E-state index is 0.200. The molecule has 4 rings (SSSR count). The lowest BCUT2D eigenvalue weighted by Crippen LogP contribution is -1.95. The highest BCUT2D eigenvalue weighted by Gasteiger charge is 2.09. The van der Waals surface area contributed by atoms with Crippen molar-refractivity contribution < 1.29 is 4.39 Å². The largest absolute Gasteiger partial charge is 0.315 e. The van der Waals surface area contributed by atoms with Gasteiger partial charge in [0.2, 0.25) is 0 Å². The van der Waals surface area contributed by atoms with Gasteiger partial charge in [0.1, 0.15) is 5.82 Å². The molecule has 0 saturated carbocycles. The maximum absolute atomic E-state index is 14.0. The lowest BCUT2D eigenvalue weighted by atomic mass is 10.0. The van der Waals surface area contributed by atoms with Crippen LogP contribution < -0.4 is 0 Å². The number of hydrogen-bond acceptors (Lipinski definition) is 1. The van der Waals surface area contributed by atoms with Gasteiger partial charge in [-0.3, -0.25) is 4.98 Å². The first kappa shape index (κ1) is 13.7. The van der Waals surface area contributed by atoms with Crippen LogP contribution in [0, 0.1) is 12.7 Å². The number of nitrogens with zero attached hydrogens (tertiary/aromatic N) is 2. The quantitative estimate of drug-likeness (QED) is 0.501. The second-order valence-electron chi connectivity index (χ2n) is 5.60. The number of hydrogen-bond donors (Lipinski definition) is 0. The van der Waals surface area contributed by atoms with Crippen molar-refractivity contribution in [1.29, 1.82) is 0 Å². The molecule has 0 saturated heterocycles. The number of rotatable bonds is 2. The van der Waals surface area contributed by atoms with Gasteiger partial charge in [0.15, 0.2) is 0 Å². The highest BCUT2D eigenvalue weighted by Crippen LogP contribution is 2.28. The Morgan fingerprint density at radius 2 is 1.87 bits per heavy atom. The molecule has 0 aliphatic heterocycles. The second-order valence-corrected chi connectivity index (χ2v) is 5.60. The monoisotopic (exact) mass is 302 g/mol. The van der Waals surface area contributed by atoms with Crippen LogP contribution in [0.4, 0.5) is 4.39 Å². The molecular formula is C20H15FN2. The molecule has 0 unspecified atom stereocenters. The van der Waals surface area contributed by atoms with Crippen LogP contribution in [0.1, 0.15) is 5.56 Å². The summed E-state index contributed by atoms with van der Waals surface area (Å²) in [7, 11) is 0. The summed E-state index contributed by atoms with van der Waals surface area (Å²) in [4.78, 5) is 4.21. The number of fused-ring (bicyclic) bond motifs is 1. The van der Waals surface area contributed by atoms with Gasteiger partial charge in [-0.2, -0.15) is 0 Å². The maximum atomic E-state index is 14.0. The summed E-state index contributed by atoms with van der Waals surface area (Å²) in [6.07, 6.45) is 5.68. The van der Waals surface area contributed by atoms with Gasteiger partial charge in [0.05, 0.1) is 17.4 Å². The first-order chi connectivity index (χ1) is 11.2. The third-order valence-corrected chi connectivity index (χ3v) is 4.15. The Morgan fingerprint density at radius 3 is 2.70 bits per heavy atom. The van der Waals surface area contributed by atoms with Gasteiger partial charge in [0, 0.05) is 23.3 Å². The van der Waals surface area contributed by atoms with Crippen molar-refractivity contribution in [2.24, 2.45) is 0 Å². The molecule has 0 N–H and O–H groups in total. The van der Waals surface area contributed by atoms with E-state index in [1.165, 1.54) is 6.07 Å². The molecule has 0 amide bonds. The van der Waals surface area contributed by atoms with Crippen LogP contribution in [-0.2, 0) is 0 Å². The average molecular weight is 302 g/mol. The van der Waals surface area contributed by atoms with Gasteiger partial charge >= 0.3 is 0 Å². The van der Waals surface area contributed by atoms with Crippen LogP contribution in [0.3, 0.4) is 0 Å². The van der Waals surface area contributed by atoms with E-state index in [4.69, 9.17) is 0 Å². The van der Waals surface area contributed by atoms with Gasteiger partial charge in [0.25, 0.3) is 0 Å². The van der Waals surface area contributed by atoms with Crippen LogP contribution in [0.5, 0.6) is 0 Å². The number of aromatic nitrogens is 2. The predicted octanol–water partition coefficient (Wildman–Crippen LogP) is 5.14. The fraction of sp³-hybridized carbons (Fsp3) is 0.0500. The van der Waals surface area contributed by atoms with E-state index in [0.29, 0.717) is 5.56 Å². The Labute approximate surface area is 133 Å². The average Bonchev–Trinajstić information content (AvgIpc) is 2.99. The molecule has 0 aliphatic rings. The summed E-state index contributed by atoms with van der Waals surface area (Å²) in [6.45, 7) is 2.07. The number of halogens is 1. The molecule has 2 aromatic carbocycles. The van der Waals surface area contributed by atoms with Gasteiger partial charge in [-0.05, 0) is 48.4 Å². The molecule has 112 valence electrons. The van der Waals surface area contributed by atoms with Crippen molar-refractivity contribution in [3.63, 3.8) is 0 Å². The van der Waals surface area contributed by atoms with Crippen LogP contribution in [0.25, 0.3) is 27.7 Å². The van der Waals surface area contributed by atoms with Crippen molar-refractivity contribution >= 4 is 10.9 Å². The van der Waals surface area contributed by atoms with E-state index in [2.05, 4.69) is 16.5 Å². The standard InChI is InChI=1S/C20H15FN2/c1-14-8-10-22-13-20(14)23-11-9-16-12-15(6-7-19(16)23)17-4-2-3-5-18(17)21/h2-13H,1H3. The summed E-state index contributed by atoms with van der Waals surface area (Å²) in [5, 5.41) is 1.08. The van der Waals surface area contributed by atoms with Crippen LogP contribution in [-0.4, -0.2) is 9.55 Å². The third kappa shape index (κ3) is 2.30. The zero-order chi connectivity index (χ0) is 15.8. The lowest BCUT2D eigenvalue weighted by molar-refractivity contribution is 0.631. The molecule has 2 aromatic heterocycles. The van der Waals surface area contributed by atoms with E-state index in [9.17, 15) is 4.39 Å². The Kier molecular flexibility index (Phi) is 3.19. The highest BCUT2D eigenvalue weighted by atomic mass is 19.1. The smallest absolute Gasteiger partial charge is 0.131 e. The van der Waals surface area contributed by atoms with Crippen molar-refractivity contribution in [3.8, 4) is 16.8 Å². The molecule has 3 heteroatoms. The third-order valence-electron chi connectivity index (χ3n) is 4.15. The van der Waals surface area contributed by atoms with Gasteiger partial charge < -0.3 is 4.57 Å². The fourth-order valence-electron chi connectivity index (χ4n) is 2.92. The zero-order valence-corrected chi connectivity index (χ0v) is 12.7. The Balaban J connectivity index is 1.87. The van der Waals surface area contributed by atoms with Gasteiger partial charge in [-0.15, -0.1) is 0 Å². The van der Waals surface area contributed by atoms with Crippen molar-refractivity contribution in [1.82, 2.24) is 9.55 Å². The molecule has 0 atom stereocenters. The summed E-state index contributed by atoms with van der Waals surface area (Å²) in [5.41, 5.74) is 4.81. The Morgan fingerprint density at radius 1 is 1.00 bits per heavy atom. The summed E-state index contributed by atoms with van der Waals surface area (Å²) in [5.74, 6) is -0.200. The first-order valence-corrected chi connectivity index (χ1v) is 7.51. The highest BCUT2D eigenvalue weighted by molar-refractivity contribution is 5.87. The van der Waals surface area contributed by atoms with Gasteiger partial charge in [-0.1, -0.05) is 24.3 Å². The molecule has 23 heavy (non-hydrogen) atoms. The summed E-state index contributed by atoms with van der Waals surface area (Å²) >= 11 is 0. The molecule has 4 aromatic rings. The molecule has 2 heterocycles. The molecule has 0 radical (unpaired) electrons. The number of aryl methyl sites for hydroxylation is 1. The van der Waals surface area contributed by atoms with Crippen LogP contribution in [0.2, 0.25) is 0 Å². The van der Waals surface area contributed by atoms with Crippen LogP contribution in [0.15, 0.2) is 73.2 Å². The minimum Gasteiger partial charge on any atom is -0.315 e. The normalized spacial score (nSPS) is 11.0. The maximum Gasteiger partial charge on any atom is 0.131 e. The fourth-order valence-corrected chi connectivity index (χ4v) is 2.92. The van der Waals surface area contributed by atoms with E-state index in [-0.39, 0.29) is 5.82 Å². The number of pyridine rings is 1. The molecule has 2 nitrogen and oxygen atoms in total. The minimum atomic E-state index is -0.200. The van der Waals surface area contributed by atoms with E-state index in [1.807, 2.05) is 48.8 Å². The molecule has 0 fully saturated rings. The molecule has 0 bridgehead atoms. The molecular weight excluding hydrogens is 287 g/mol. The molecule has 0 aliphatic carbocycles.